The van der Waals surface area contributed by atoms with E-state index >= 15 is 0 Å². The summed E-state index contributed by atoms with van der Waals surface area (Å²) in [7, 11) is 1.50. The van der Waals surface area contributed by atoms with E-state index in [9.17, 15) is 14.0 Å². The van der Waals surface area contributed by atoms with Gasteiger partial charge in [-0.15, -0.1) is 0 Å². The predicted molar refractivity (Wildman–Crippen MR) is 132 cm³/mol. The fourth-order valence-corrected chi connectivity index (χ4v) is 4.62. The lowest BCUT2D eigenvalue weighted by Gasteiger charge is -2.15. The summed E-state index contributed by atoms with van der Waals surface area (Å²) in [6.07, 6.45) is 1.56. The van der Waals surface area contributed by atoms with Gasteiger partial charge in [0.2, 0.25) is 0 Å². The van der Waals surface area contributed by atoms with Gasteiger partial charge in [-0.1, -0.05) is 59.6 Å². The van der Waals surface area contributed by atoms with E-state index in [1.54, 1.807) is 54.6 Å². The summed E-state index contributed by atoms with van der Waals surface area (Å²) in [6, 6.07) is 16.3. The summed E-state index contributed by atoms with van der Waals surface area (Å²) in [4.78, 5) is 26.7. The van der Waals surface area contributed by atoms with Gasteiger partial charge >= 0.3 is 0 Å². The number of nitrogens with zero attached hydrogens (tertiary/aromatic N) is 1. The van der Waals surface area contributed by atoms with Crippen LogP contribution >= 0.6 is 35.0 Å². The zero-order valence-electron chi connectivity index (χ0n) is 17.9. The van der Waals surface area contributed by atoms with Crippen LogP contribution in [0.4, 0.5) is 9.18 Å². The Kier molecular flexibility index (Phi) is 7.46. The van der Waals surface area contributed by atoms with Crippen molar-refractivity contribution in [2.75, 3.05) is 7.11 Å². The Balaban J connectivity index is 1.60. The molecular formula is C25H18Cl2FNO4S. The van der Waals surface area contributed by atoms with Crippen LogP contribution in [0.25, 0.3) is 6.08 Å². The molecule has 1 heterocycles. The van der Waals surface area contributed by atoms with Crippen LogP contribution in [-0.4, -0.2) is 23.2 Å². The van der Waals surface area contributed by atoms with Crippen molar-refractivity contribution in [2.24, 2.45) is 0 Å². The molecule has 1 aliphatic heterocycles. The van der Waals surface area contributed by atoms with Gasteiger partial charge < -0.3 is 9.47 Å². The first kappa shape index (κ1) is 24.1. The average Bonchev–Trinajstić information content (AvgIpc) is 3.07. The number of amides is 2. The molecule has 3 aromatic rings. The molecular weight excluding hydrogens is 500 g/mol. The average molecular weight is 518 g/mol. The minimum Gasteiger partial charge on any atom is -0.493 e. The van der Waals surface area contributed by atoms with Crippen LogP contribution in [0.5, 0.6) is 11.5 Å². The number of halogens is 3. The Hall–Kier alpha value is -3.00. The molecule has 0 unspecified atom stereocenters. The van der Waals surface area contributed by atoms with Crippen LogP contribution < -0.4 is 9.47 Å². The molecule has 9 heteroatoms. The highest BCUT2D eigenvalue weighted by Crippen LogP contribution is 2.38. The fraction of sp³-hybridized carbons (Fsp3) is 0.120. The van der Waals surface area contributed by atoms with Crippen LogP contribution in [0.1, 0.15) is 16.7 Å². The molecule has 0 spiro atoms. The van der Waals surface area contributed by atoms with E-state index in [-0.39, 0.29) is 23.6 Å². The number of benzene rings is 3. The molecule has 0 aliphatic carbocycles. The fourth-order valence-electron chi connectivity index (χ4n) is 3.32. The molecule has 34 heavy (non-hydrogen) atoms. The predicted octanol–water partition coefficient (Wildman–Crippen LogP) is 6.96. The highest BCUT2D eigenvalue weighted by molar-refractivity contribution is 8.18. The van der Waals surface area contributed by atoms with E-state index in [1.165, 1.54) is 19.2 Å². The van der Waals surface area contributed by atoms with Crippen LogP contribution in [0, 0.1) is 5.82 Å². The normalized spacial score (nSPS) is 14.7. The number of rotatable bonds is 7. The van der Waals surface area contributed by atoms with E-state index in [1.807, 2.05) is 0 Å². The van der Waals surface area contributed by atoms with Crippen LogP contribution in [0.3, 0.4) is 0 Å². The van der Waals surface area contributed by atoms with E-state index in [2.05, 4.69) is 0 Å². The van der Waals surface area contributed by atoms with Gasteiger partial charge in [0.25, 0.3) is 11.1 Å². The SMILES string of the molecule is COc1cccc(/C=C2/SC(=O)N(Cc3ccccc3F)C2=O)c1OCc1ccc(Cl)cc1Cl. The van der Waals surface area contributed by atoms with Crippen LogP contribution in [-0.2, 0) is 17.9 Å². The topological polar surface area (TPSA) is 55.8 Å². The van der Waals surface area contributed by atoms with E-state index in [4.69, 9.17) is 32.7 Å². The number of thioether (sulfide) groups is 1. The highest BCUT2D eigenvalue weighted by Gasteiger charge is 2.35. The number of carbonyl (C=O) groups excluding carboxylic acids is 2. The van der Waals surface area contributed by atoms with Gasteiger partial charge in [0.15, 0.2) is 11.5 Å². The number of ether oxygens (including phenoxy) is 2. The summed E-state index contributed by atoms with van der Waals surface area (Å²) in [5, 5.41) is 0.494. The number of imide groups is 1. The third-order valence-electron chi connectivity index (χ3n) is 5.06. The Morgan fingerprint density at radius 3 is 2.56 bits per heavy atom. The third-order valence-corrected chi connectivity index (χ3v) is 6.56. The quantitative estimate of drug-likeness (QED) is 0.317. The van der Waals surface area contributed by atoms with Crippen molar-refractivity contribution >= 4 is 52.2 Å². The molecule has 1 aliphatic rings. The molecule has 3 aromatic carbocycles. The summed E-state index contributed by atoms with van der Waals surface area (Å²) in [6.45, 7) is -0.0167. The molecule has 0 saturated carbocycles. The largest absolute Gasteiger partial charge is 0.493 e. The summed E-state index contributed by atoms with van der Waals surface area (Å²) >= 11 is 13.0. The third kappa shape index (κ3) is 5.22. The van der Waals surface area contributed by atoms with Gasteiger partial charge in [-0.2, -0.15) is 0 Å². The summed E-state index contributed by atoms with van der Waals surface area (Å²) in [5.41, 5.74) is 1.52. The van der Waals surface area contributed by atoms with Crippen molar-refractivity contribution in [3.8, 4) is 11.5 Å². The van der Waals surface area contributed by atoms with Gasteiger partial charge in [-0.25, -0.2) is 4.39 Å². The minimum atomic E-state index is -0.507. The molecule has 2 amide bonds. The van der Waals surface area contributed by atoms with Gasteiger partial charge in [0.1, 0.15) is 12.4 Å². The van der Waals surface area contributed by atoms with Crippen molar-refractivity contribution in [3.05, 3.63) is 98.1 Å². The standard InChI is InChI=1S/C25H18Cl2FNO4S/c1-32-21-8-4-6-15(23(21)33-14-17-9-10-18(26)12-19(17)27)11-22-24(30)29(25(31)34-22)13-16-5-2-3-7-20(16)28/h2-12H,13-14H2,1H3/b22-11+. The second-order valence-corrected chi connectivity index (χ2v) is 9.10. The minimum absolute atomic E-state index is 0.131. The van der Waals surface area contributed by atoms with E-state index < -0.39 is 17.0 Å². The van der Waals surface area contributed by atoms with Gasteiger partial charge in [-0.05, 0) is 42.1 Å². The summed E-state index contributed by atoms with van der Waals surface area (Å²) < 4.78 is 25.5. The lowest BCUT2D eigenvalue weighted by atomic mass is 10.1. The Labute approximate surface area is 210 Å². The lowest BCUT2D eigenvalue weighted by Crippen LogP contribution is -2.27. The number of hydrogen-bond acceptors (Lipinski definition) is 5. The monoisotopic (exact) mass is 517 g/mol. The number of methoxy groups -OCH3 is 1. The maximum atomic E-state index is 14.0. The Bertz CT molecular complexity index is 1300. The summed E-state index contributed by atoms with van der Waals surface area (Å²) in [5.74, 6) is -0.149. The molecule has 5 nitrogen and oxygen atoms in total. The van der Waals surface area contributed by atoms with Crippen molar-refractivity contribution in [3.63, 3.8) is 0 Å². The van der Waals surface area contributed by atoms with E-state index in [0.29, 0.717) is 32.7 Å². The first-order valence-electron chi connectivity index (χ1n) is 10.1. The first-order valence-corrected chi connectivity index (χ1v) is 11.7. The molecule has 0 atom stereocenters. The van der Waals surface area contributed by atoms with Crippen LogP contribution in [0.2, 0.25) is 10.0 Å². The number of carbonyl (C=O) groups is 2. The molecule has 0 aromatic heterocycles. The Morgan fingerprint density at radius 2 is 1.82 bits per heavy atom. The smallest absolute Gasteiger partial charge is 0.293 e. The second kappa shape index (κ2) is 10.5. The zero-order valence-corrected chi connectivity index (χ0v) is 20.2. The second-order valence-electron chi connectivity index (χ2n) is 7.26. The molecule has 0 radical (unpaired) electrons. The van der Waals surface area contributed by atoms with Crippen molar-refractivity contribution < 1.29 is 23.5 Å². The van der Waals surface area contributed by atoms with Crippen molar-refractivity contribution in [2.45, 2.75) is 13.2 Å². The molecule has 0 N–H and O–H groups in total. The van der Waals surface area contributed by atoms with Crippen LogP contribution in [0.15, 0.2) is 65.6 Å². The van der Waals surface area contributed by atoms with Crippen molar-refractivity contribution in [1.29, 1.82) is 0 Å². The van der Waals surface area contributed by atoms with Gasteiger partial charge in [-0.3, -0.25) is 14.5 Å². The maximum absolute atomic E-state index is 14.0. The number of hydrogen-bond donors (Lipinski definition) is 0. The van der Waals surface area contributed by atoms with Gasteiger partial charge in [0, 0.05) is 26.7 Å². The molecule has 174 valence electrons. The zero-order chi connectivity index (χ0) is 24.2. The van der Waals surface area contributed by atoms with Crippen molar-refractivity contribution in [1.82, 2.24) is 4.90 Å². The highest BCUT2D eigenvalue weighted by atomic mass is 35.5. The Morgan fingerprint density at radius 1 is 1.03 bits per heavy atom. The molecule has 0 bridgehead atoms. The first-order chi connectivity index (χ1) is 16.4. The number of para-hydroxylation sites is 1. The van der Waals surface area contributed by atoms with Gasteiger partial charge in [0.05, 0.1) is 18.6 Å². The molecule has 1 saturated heterocycles. The maximum Gasteiger partial charge on any atom is 0.293 e. The molecule has 1 fully saturated rings. The lowest BCUT2D eigenvalue weighted by molar-refractivity contribution is -0.123. The molecule has 4 rings (SSSR count). The van der Waals surface area contributed by atoms with E-state index in [0.717, 1.165) is 16.7 Å².